The molecular weight excluding hydrogens is 338 g/mol. The number of aromatic nitrogens is 1. The first-order chi connectivity index (χ1) is 11.9. The average Bonchev–Trinajstić information content (AvgIpc) is 2.91. The number of aromatic amines is 1. The van der Waals surface area contributed by atoms with Crippen LogP contribution in [-0.4, -0.2) is 26.5 Å². The van der Waals surface area contributed by atoms with Crippen molar-refractivity contribution in [1.29, 1.82) is 0 Å². The van der Waals surface area contributed by atoms with Gasteiger partial charge in [0.25, 0.3) is 0 Å². The minimum absolute atomic E-state index is 0.0955. The summed E-state index contributed by atoms with van der Waals surface area (Å²) in [6, 6.07) is 13.8. The van der Waals surface area contributed by atoms with Crippen LogP contribution in [0.2, 0.25) is 0 Å². The number of fused-ring (bicyclic) bond motifs is 1. The van der Waals surface area contributed by atoms with Gasteiger partial charge in [-0.05, 0) is 32.0 Å². The van der Waals surface area contributed by atoms with Crippen LogP contribution in [-0.2, 0) is 19.4 Å². The fraction of sp³-hybridized carbons (Fsp3) is 0.211. The Balaban J connectivity index is 2.26. The second kappa shape index (κ2) is 6.37. The number of hydrogen-bond acceptors (Lipinski definition) is 4. The number of carbonyl (C=O) groups is 1. The molecule has 0 amide bonds. The Hall–Kier alpha value is -2.60. The van der Waals surface area contributed by atoms with Crippen LogP contribution in [0.1, 0.15) is 22.1 Å². The van der Waals surface area contributed by atoms with E-state index in [-0.39, 0.29) is 4.90 Å². The molecule has 0 radical (unpaired) electrons. The zero-order valence-electron chi connectivity index (χ0n) is 14.2. The quantitative estimate of drug-likeness (QED) is 0.726. The van der Waals surface area contributed by atoms with Gasteiger partial charge in [0.15, 0.2) is 15.1 Å². The summed E-state index contributed by atoms with van der Waals surface area (Å²) >= 11 is 0. The van der Waals surface area contributed by atoms with Gasteiger partial charge in [0, 0.05) is 22.2 Å². The monoisotopic (exact) mass is 357 g/mol. The molecule has 1 atom stereocenters. The highest BCUT2D eigenvalue weighted by atomic mass is 32.2. The molecule has 1 heterocycles. The second-order valence-corrected chi connectivity index (χ2v) is 8.00. The smallest absolute Gasteiger partial charge is 0.329 e. The molecule has 0 aliphatic carbocycles. The highest BCUT2D eigenvalue weighted by molar-refractivity contribution is 7.92. The fourth-order valence-corrected chi connectivity index (χ4v) is 4.76. The van der Waals surface area contributed by atoms with Crippen molar-refractivity contribution >= 4 is 26.7 Å². The summed E-state index contributed by atoms with van der Waals surface area (Å²) in [5, 5.41) is -0.720. The van der Waals surface area contributed by atoms with Gasteiger partial charge < -0.3 is 9.72 Å². The maximum absolute atomic E-state index is 13.2. The minimum atomic E-state index is -3.96. The summed E-state index contributed by atoms with van der Waals surface area (Å²) < 4.78 is 31.3. The first-order valence-corrected chi connectivity index (χ1v) is 9.36. The zero-order chi connectivity index (χ0) is 18.2. The molecule has 0 saturated heterocycles. The van der Waals surface area contributed by atoms with Gasteiger partial charge in [0.2, 0.25) is 0 Å². The first-order valence-electron chi connectivity index (χ1n) is 7.82. The van der Waals surface area contributed by atoms with Crippen molar-refractivity contribution in [2.75, 3.05) is 7.11 Å². The fourth-order valence-electron chi connectivity index (χ4n) is 3.01. The number of carbonyl (C=O) groups excluding carboxylic acids is 1. The molecule has 130 valence electrons. The van der Waals surface area contributed by atoms with Crippen molar-refractivity contribution in [3.8, 4) is 0 Å². The zero-order valence-corrected chi connectivity index (χ0v) is 15.1. The minimum Gasteiger partial charge on any atom is -0.468 e. The van der Waals surface area contributed by atoms with Gasteiger partial charge in [-0.15, -0.1) is 0 Å². The molecule has 2 aromatic carbocycles. The van der Waals surface area contributed by atoms with Crippen LogP contribution in [0.5, 0.6) is 0 Å². The Morgan fingerprint density at radius 2 is 1.68 bits per heavy atom. The lowest BCUT2D eigenvalue weighted by atomic mass is 10.1. The number of ether oxygens (including phenoxy) is 1. The van der Waals surface area contributed by atoms with Crippen LogP contribution in [0, 0.1) is 13.8 Å². The van der Waals surface area contributed by atoms with E-state index in [0.29, 0.717) is 16.6 Å². The standard InChI is InChI=1S/C19H19NO4S/c1-12-8-10-14(11-9-12)25(22,23)18(19(21)24-3)17-13(2)20-16-7-5-4-6-15(16)17/h4-11,18,20H,1-3H3. The van der Waals surface area contributed by atoms with E-state index in [1.807, 2.05) is 25.1 Å². The van der Waals surface area contributed by atoms with E-state index in [4.69, 9.17) is 4.74 Å². The van der Waals surface area contributed by atoms with Gasteiger partial charge in [-0.25, -0.2) is 8.42 Å². The number of rotatable bonds is 4. The number of H-pyrrole nitrogens is 1. The molecule has 0 bridgehead atoms. The van der Waals surface area contributed by atoms with Crippen molar-refractivity contribution in [3.63, 3.8) is 0 Å². The lowest BCUT2D eigenvalue weighted by Crippen LogP contribution is -2.24. The number of methoxy groups -OCH3 is 1. The van der Waals surface area contributed by atoms with Crippen molar-refractivity contribution in [1.82, 2.24) is 4.98 Å². The van der Waals surface area contributed by atoms with Gasteiger partial charge in [0.1, 0.15) is 0 Å². The number of aryl methyl sites for hydroxylation is 2. The maximum atomic E-state index is 13.2. The van der Waals surface area contributed by atoms with Crippen LogP contribution < -0.4 is 0 Å². The van der Waals surface area contributed by atoms with Crippen LogP contribution in [0.15, 0.2) is 53.4 Å². The summed E-state index contributed by atoms with van der Waals surface area (Å²) in [4.78, 5) is 15.7. The molecule has 0 fully saturated rings. The molecule has 0 aliphatic heterocycles. The van der Waals surface area contributed by atoms with E-state index in [2.05, 4.69) is 4.98 Å². The summed E-state index contributed by atoms with van der Waals surface area (Å²) in [7, 11) is -2.76. The van der Waals surface area contributed by atoms with Crippen LogP contribution in [0.25, 0.3) is 10.9 Å². The van der Waals surface area contributed by atoms with Gasteiger partial charge in [-0.1, -0.05) is 35.9 Å². The molecule has 0 spiro atoms. The van der Waals surface area contributed by atoms with E-state index >= 15 is 0 Å². The molecular formula is C19H19NO4S. The number of sulfone groups is 1. The normalized spacial score (nSPS) is 12.9. The van der Waals surface area contributed by atoms with E-state index in [1.54, 1.807) is 25.1 Å². The van der Waals surface area contributed by atoms with Gasteiger partial charge in [0.05, 0.1) is 12.0 Å². The molecule has 0 saturated carbocycles. The predicted molar refractivity (Wildman–Crippen MR) is 96.2 cm³/mol. The molecule has 3 aromatic rings. The highest BCUT2D eigenvalue weighted by Crippen LogP contribution is 2.36. The van der Waals surface area contributed by atoms with Gasteiger partial charge >= 0.3 is 5.97 Å². The molecule has 3 rings (SSSR count). The van der Waals surface area contributed by atoms with Gasteiger partial charge in [-0.3, -0.25) is 4.79 Å². The molecule has 1 N–H and O–H groups in total. The number of para-hydroxylation sites is 1. The Morgan fingerprint density at radius 3 is 2.32 bits per heavy atom. The Kier molecular flexibility index (Phi) is 4.39. The van der Waals surface area contributed by atoms with Crippen molar-refractivity contribution < 1.29 is 17.9 Å². The Labute approximate surface area is 146 Å². The third-order valence-electron chi connectivity index (χ3n) is 4.28. The van der Waals surface area contributed by atoms with Crippen LogP contribution in [0.3, 0.4) is 0 Å². The SMILES string of the molecule is COC(=O)C(c1c(C)[nH]c2ccccc12)S(=O)(=O)c1ccc(C)cc1. The van der Waals surface area contributed by atoms with Crippen molar-refractivity contribution in [2.24, 2.45) is 0 Å². The van der Waals surface area contributed by atoms with E-state index in [0.717, 1.165) is 11.1 Å². The first kappa shape index (κ1) is 17.2. The van der Waals surface area contributed by atoms with Crippen molar-refractivity contribution in [2.45, 2.75) is 24.0 Å². The van der Waals surface area contributed by atoms with Crippen LogP contribution >= 0.6 is 0 Å². The van der Waals surface area contributed by atoms with E-state index in [1.165, 1.54) is 19.2 Å². The maximum Gasteiger partial charge on any atom is 0.329 e. The predicted octanol–water partition coefficient (Wildman–Crippen LogP) is 3.47. The molecule has 5 nitrogen and oxygen atoms in total. The van der Waals surface area contributed by atoms with Crippen LogP contribution in [0.4, 0.5) is 0 Å². The lowest BCUT2D eigenvalue weighted by Gasteiger charge is -2.17. The molecule has 25 heavy (non-hydrogen) atoms. The summed E-state index contributed by atoms with van der Waals surface area (Å²) in [5.41, 5.74) is 2.79. The Morgan fingerprint density at radius 1 is 1.04 bits per heavy atom. The molecule has 1 unspecified atom stereocenters. The second-order valence-electron chi connectivity index (χ2n) is 5.97. The largest absolute Gasteiger partial charge is 0.468 e. The topological polar surface area (TPSA) is 76.2 Å². The lowest BCUT2D eigenvalue weighted by molar-refractivity contribution is -0.140. The number of hydrogen-bond donors (Lipinski definition) is 1. The third-order valence-corrected chi connectivity index (χ3v) is 6.26. The highest BCUT2D eigenvalue weighted by Gasteiger charge is 2.39. The molecule has 1 aromatic heterocycles. The summed E-state index contributed by atoms with van der Waals surface area (Å²) in [6.07, 6.45) is 0. The van der Waals surface area contributed by atoms with E-state index in [9.17, 15) is 13.2 Å². The third kappa shape index (κ3) is 2.93. The van der Waals surface area contributed by atoms with E-state index < -0.39 is 21.1 Å². The number of esters is 1. The molecule has 0 aliphatic rings. The van der Waals surface area contributed by atoms with Gasteiger partial charge in [-0.2, -0.15) is 0 Å². The number of benzene rings is 2. The van der Waals surface area contributed by atoms with Crippen molar-refractivity contribution in [3.05, 3.63) is 65.4 Å². The molecule has 6 heteroatoms. The average molecular weight is 357 g/mol. The Bertz CT molecular complexity index is 1030. The number of nitrogens with one attached hydrogen (secondary N) is 1. The summed E-state index contributed by atoms with van der Waals surface area (Å²) in [5.74, 6) is -0.798. The summed E-state index contributed by atoms with van der Waals surface area (Å²) in [6.45, 7) is 3.63.